The molecule has 0 N–H and O–H groups in total. The van der Waals surface area contributed by atoms with Crippen LogP contribution in [0.3, 0.4) is 0 Å². The van der Waals surface area contributed by atoms with Crippen LogP contribution < -0.4 is 9.47 Å². The van der Waals surface area contributed by atoms with Crippen LogP contribution in [0.1, 0.15) is 27.0 Å². The second kappa shape index (κ2) is 10.3. The van der Waals surface area contributed by atoms with Crippen molar-refractivity contribution in [2.45, 2.75) is 13.5 Å². The summed E-state index contributed by atoms with van der Waals surface area (Å²) in [7, 11) is 0. The van der Waals surface area contributed by atoms with Crippen LogP contribution in [0.25, 0.3) is 17.2 Å². The first-order valence-corrected chi connectivity index (χ1v) is 11.6. The molecule has 4 aromatic rings. The Morgan fingerprint density at radius 2 is 1.53 bits per heavy atom. The summed E-state index contributed by atoms with van der Waals surface area (Å²) >= 11 is 0. The van der Waals surface area contributed by atoms with Crippen molar-refractivity contribution in [1.82, 2.24) is 0 Å². The van der Waals surface area contributed by atoms with Gasteiger partial charge >= 0.3 is 5.97 Å². The van der Waals surface area contributed by atoms with E-state index >= 15 is 0 Å². The van der Waals surface area contributed by atoms with Gasteiger partial charge in [-0.1, -0.05) is 84.9 Å². The van der Waals surface area contributed by atoms with Crippen LogP contribution in [0.5, 0.6) is 11.5 Å². The van der Waals surface area contributed by atoms with Gasteiger partial charge in [-0.15, -0.1) is 0 Å². The summed E-state index contributed by atoms with van der Waals surface area (Å²) in [5.41, 5.74) is 5.21. The van der Waals surface area contributed by atoms with Gasteiger partial charge in [-0.2, -0.15) is 0 Å². The van der Waals surface area contributed by atoms with Gasteiger partial charge in [0.25, 0.3) is 0 Å². The van der Waals surface area contributed by atoms with Gasteiger partial charge in [0.15, 0.2) is 12.4 Å². The van der Waals surface area contributed by atoms with Gasteiger partial charge in [0, 0.05) is 6.07 Å². The third-order valence-electron chi connectivity index (χ3n) is 5.86. The van der Waals surface area contributed by atoms with Crippen molar-refractivity contribution in [1.29, 1.82) is 0 Å². The highest BCUT2D eigenvalue weighted by Gasteiger charge is 2.30. The number of ketones is 1. The lowest BCUT2D eigenvalue weighted by molar-refractivity contribution is -0.147. The molecule has 5 rings (SSSR count). The van der Waals surface area contributed by atoms with Gasteiger partial charge in [0.05, 0.1) is 5.56 Å². The van der Waals surface area contributed by atoms with E-state index in [1.54, 1.807) is 18.2 Å². The van der Waals surface area contributed by atoms with E-state index < -0.39 is 5.97 Å². The zero-order valence-electron chi connectivity index (χ0n) is 19.8. The number of hydrogen-bond acceptors (Lipinski definition) is 5. The highest BCUT2D eigenvalue weighted by Crippen LogP contribution is 2.37. The Labute approximate surface area is 209 Å². The monoisotopic (exact) mass is 476 g/mol. The summed E-state index contributed by atoms with van der Waals surface area (Å²) in [6.07, 6.45) is 1.73. The topological polar surface area (TPSA) is 61.8 Å². The van der Waals surface area contributed by atoms with Gasteiger partial charge in [-0.3, -0.25) is 4.79 Å². The lowest BCUT2D eigenvalue weighted by atomic mass is 10.0. The highest BCUT2D eigenvalue weighted by atomic mass is 16.6. The minimum Gasteiger partial charge on any atom is -0.482 e. The van der Waals surface area contributed by atoms with Crippen molar-refractivity contribution in [2.24, 2.45) is 0 Å². The molecule has 0 bridgehead atoms. The molecule has 0 saturated heterocycles. The number of aryl methyl sites for hydroxylation is 1. The summed E-state index contributed by atoms with van der Waals surface area (Å²) < 4.78 is 16.8. The van der Waals surface area contributed by atoms with E-state index in [1.165, 1.54) is 0 Å². The molecule has 5 nitrogen and oxygen atoms in total. The second-order valence-electron chi connectivity index (χ2n) is 8.48. The average Bonchev–Trinajstić information content (AvgIpc) is 3.23. The molecule has 0 atom stereocenters. The van der Waals surface area contributed by atoms with Crippen molar-refractivity contribution < 1.29 is 23.8 Å². The van der Waals surface area contributed by atoms with Crippen molar-refractivity contribution in [3.63, 3.8) is 0 Å². The maximum absolute atomic E-state index is 13.0. The third kappa shape index (κ3) is 5.20. The summed E-state index contributed by atoms with van der Waals surface area (Å²) in [6.45, 7) is 1.76. The fourth-order valence-electron chi connectivity index (χ4n) is 4.04. The second-order valence-corrected chi connectivity index (χ2v) is 8.48. The lowest BCUT2D eigenvalue weighted by Crippen LogP contribution is -2.14. The molecule has 0 aromatic heterocycles. The number of Topliss-reactive ketones (excluding diaryl/α,β-unsaturated/α-hetero) is 1. The predicted molar refractivity (Wildman–Crippen MR) is 138 cm³/mol. The molecule has 0 spiro atoms. The number of fused-ring (bicyclic) bond motifs is 1. The number of carbonyl (C=O) groups is 2. The Hall–Kier alpha value is -4.64. The van der Waals surface area contributed by atoms with Crippen LogP contribution in [0.15, 0.2) is 103 Å². The number of allylic oxidation sites excluding steroid dienone is 1. The maximum Gasteiger partial charge on any atom is 0.344 e. The van der Waals surface area contributed by atoms with E-state index in [4.69, 9.17) is 14.2 Å². The van der Waals surface area contributed by atoms with E-state index in [9.17, 15) is 9.59 Å². The normalized spacial score (nSPS) is 13.2. The van der Waals surface area contributed by atoms with E-state index in [0.29, 0.717) is 22.6 Å². The van der Waals surface area contributed by atoms with E-state index in [0.717, 1.165) is 22.3 Å². The molecular weight excluding hydrogens is 452 g/mol. The molecule has 0 unspecified atom stereocenters. The number of hydrogen-bond donors (Lipinski definition) is 0. The molecule has 0 saturated carbocycles. The van der Waals surface area contributed by atoms with Crippen LogP contribution in [-0.4, -0.2) is 18.4 Å². The summed E-state index contributed by atoms with van der Waals surface area (Å²) in [4.78, 5) is 25.1. The van der Waals surface area contributed by atoms with Crippen molar-refractivity contribution in [3.05, 3.63) is 125 Å². The van der Waals surface area contributed by atoms with Crippen LogP contribution in [0.4, 0.5) is 0 Å². The molecule has 0 amide bonds. The molecule has 36 heavy (non-hydrogen) atoms. The molecule has 1 aliphatic heterocycles. The first-order valence-electron chi connectivity index (χ1n) is 11.6. The molecule has 0 radical (unpaired) electrons. The number of rotatable bonds is 7. The Morgan fingerprint density at radius 1 is 0.861 bits per heavy atom. The fraction of sp³-hybridized carbons (Fsp3) is 0.0968. The van der Waals surface area contributed by atoms with Crippen molar-refractivity contribution in [2.75, 3.05) is 6.61 Å². The van der Waals surface area contributed by atoms with Gasteiger partial charge in [-0.25, -0.2) is 4.79 Å². The molecule has 0 aliphatic carbocycles. The minimum atomic E-state index is -0.478. The van der Waals surface area contributed by atoms with E-state index in [1.807, 2.05) is 79.7 Å². The predicted octanol–water partition coefficient (Wildman–Crippen LogP) is 6.40. The van der Waals surface area contributed by atoms with Crippen LogP contribution in [0.2, 0.25) is 0 Å². The summed E-state index contributed by atoms with van der Waals surface area (Å²) in [5, 5.41) is 0. The smallest absolute Gasteiger partial charge is 0.344 e. The third-order valence-corrected chi connectivity index (χ3v) is 5.86. The van der Waals surface area contributed by atoms with Crippen LogP contribution in [0, 0.1) is 6.92 Å². The fourth-order valence-corrected chi connectivity index (χ4v) is 4.04. The lowest BCUT2D eigenvalue weighted by Gasteiger charge is -2.09. The zero-order valence-corrected chi connectivity index (χ0v) is 19.8. The molecule has 1 heterocycles. The number of esters is 1. The Bertz CT molecular complexity index is 1420. The SMILES string of the molecule is Cc1cc(OCC(=O)OCc2ccccc2)cc2c1C(=O)/C(=C/c1ccc(-c3ccccc3)cc1)O2. The maximum atomic E-state index is 13.0. The standard InChI is InChI=1S/C31H24O5/c1-21-16-26(34-20-29(32)35-19-23-8-4-2-5-9-23)18-27-30(21)31(33)28(36-27)17-22-12-14-25(15-13-22)24-10-6-3-7-11-24/h2-18H,19-20H2,1H3/b28-17-. The van der Waals surface area contributed by atoms with E-state index in [2.05, 4.69) is 12.1 Å². The van der Waals surface area contributed by atoms with Gasteiger partial charge in [0.1, 0.15) is 18.1 Å². The van der Waals surface area contributed by atoms with Gasteiger partial charge in [-0.05, 0) is 46.9 Å². The number of ether oxygens (including phenoxy) is 3. The Morgan fingerprint density at radius 3 is 2.25 bits per heavy atom. The first-order chi connectivity index (χ1) is 17.6. The summed E-state index contributed by atoms with van der Waals surface area (Å²) in [5.74, 6) is 0.445. The molecule has 0 fully saturated rings. The van der Waals surface area contributed by atoms with Gasteiger partial charge < -0.3 is 14.2 Å². The molecule has 1 aliphatic rings. The number of carbonyl (C=O) groups excluding carboxylic acids is 2. The van der Waals surface area contributed by atoms with Crippen LogP contribution >= 0.6 is 0 Å². The highest BCUT2D eigenvalue weighted by molar-refractivity contribution is 6.15. The molecular formula is C31H24O5. The molecule has 5 heteroatoms. The molecule has 178 valence electrons. The molecule has 4 aromatic carbocycles. The largest absolute Gasteiger partial charge is 0.482 e. The Balaban J connectivity index is 1.24. The first kappa shape index (κ1) is 23.1. The summed E-state index contributed by atoms with van der Waals surface area (Å²) in [6, 6.07) is 30.8. The minimum absolute atomic E-state index is 0.177. The van der Waals surface area contributed by atoms with Crippen LogP contribution in [-0.2, 0) is 16.1 Å². The van der Waals surface area contributed by atoms with E-state index in [-0.39, 0.29) is 24.8 Å². The quantitative estimate of drug-likeness (QED) is 0.228. The zero-order chi connectivity index (χ0) is 24.9. The van der Waals surface area contributed by atoms with Crippen molar-refractivity contribution in [3.8, 4) is 22.6 Å². The number of benzene rings is 4. The van der Waals surface area contributed by atoms with Crippen molar-refractivity contribution >= 4 is 17.8 Å². The van der Waals surface area contributed by atoms with Gasteiger partial charge in [0.2, 0.25) is 5.78 Å². The average molecular weight is 477 g/mol. The Kier molecular flexibility index (Phi) is 6.63.